The van der Waals surface area contributed by atoms with E-state index in [1.165, 1.54) is 0 Å². The maximum atomic E-state index is 11.4. The van der Waals surface area contributed by atoms with Crippen molar-refractivity contribution < 1.29 is 9.53 Å². The first-order chi connectivity index (χ1) is 14.0. The number of nitrogen functional groups attached to an aromatic ring is 2. The third-order valence-electron chi connectivity index (χ3n) is 5.07. The van der Waals surface area contributed by atoms with Crippen LogP contribution in [0.25, 0.3) is 0 Å². The van der Waals surface area contributed by atoms with Crippen LogP contribution in [0.3, 0.4) is 0 Å². The van der Waals surface area contributed by atoms with E-state index < -0.39 is 0 Å². The molecule has 1 saturated heterocycles. The first-order valence-corrected chi connectivity index (χ1v) is 10.6. The number of piperazine rings is 1. The number of hydrogen-bond donors (Lipinski definition) is 2. The molecule has 1 aromatic heterocycles. The molecule has 0 aliphatic carbocycles. The molecular formula is C20H28N6O2S. The van der Waals surface area contributed by atoms with Gasteiger partial charge in [-0.15, -0.1) is 0 Å². The van der Waals surface area contributed by atoms with Gasteiger partial charge >= 0.3 is 0 Å². The van der Waals surface area contributed by atoms with Crippen molar-refractivity contribution in [3.8, 4) is 5.75 Å². The lowest BCUT2D eigenvalue weighted by Crippen LogP contribution is -2.48. The number of hydrogen-bond acceptors (Lipinski definition) is 8. The van der Waals surface area contributed by atoms with E-state index in [9.17, 15) is 4.79 Å². The first kappa shape index (κ1) is 21.2. The number of ether oxygens (including phenoxy) is 1. The maximum Gasteiger partial charge on any atom is 0.219 e. The van der Waals surface area contributed by atoms with Crippen molar-refractivity contribution in [2.45, 2.75) is 18.5 Å². The summed E-state index contributed by atoms with van der Waals surface area (Å²) in [5.74, 6) is 2.58. The number of methoxy groups -OCH3 is 1. The molecule has 9 heteroatoms. The van der Waals surface area contributed by atoms with Crippen molar-refractivity contribution in [3.05, 3.63) is 35.4 Å². The highest BCUT2D eigenvalue weighted by atomic mass is 32.2. The summed E-state index contributed by atoms with van der Waals surface area (Å²) < 4.78 is 5.40. The minimum absolute atomic E-state index is 0.145. The average molecular weight is 417 g/mol. The number of anilines is 2. The van der Waals surface area contributed by atoms with Gasteiger partial charge in [0.2, 0.25) is 5.91 Å². The van der Waals surface area contributed by atoms with Crippen LogP contribution in [0.1, 0.15) is 18.1 Å². The predicted molar refractivity (Wildman–Crippen MR) is 116 cm³/mol. The Bertz CT molecular complexity index is 832. The summed E-state index contributed by atoms with van der Waals surface area (Å²) in [5, 5.41) is 0.589. The number of amides is 1. The smallest absolute Gasteiger partial charge is 0.219 e. The normalized spacial score (nSPS) is 14.8. The van der Waals surface area contributed by atoms with Gasteiger partial charge in [-0.3, -0.25) is 9.69 Å². The van der Waals surface area contributed by atoms with Gasteiger partial charge in [0.1, 0.15) is 17.4 Å². The fourth-order valence-corrected chi connectivity index (χ4v) is 4.19. The number of rotatable bonds is 7. The fraction of sp³-hybridized carbons (Fsp3) is 0.450. The Morgan fingerprint density at radius 1 is 1.14 bits per heavy atom. The lowest BCUT2D eigenvalue weighted by atomic mass is 10.1. The number of benzene rings is 1. The van der Waals surface area contributed by atoms with Crippen molar-refractivity contribution in [1.29, 1.82) is 0 Å². The Morgan fingerprint density at radius 2 is 1.79 bits per heavy atom. The molecule has 4 N–H and O–H groups in total. The summed E-state index contributed by atoms with van der Waals surface area (Å²) in [6, 6.07) is 7.76. The molecule has 1 fully saturated rings. The van der Waals surface area contributed by atoms with Crippen LogP contribution in [0, 0.1) is 0 Å². The quantitative estimate of drug-likeness (QED) is 0.516. The zero-order chi connectivity index (χ0) is 20.8. The zero-order valence-corrected chi connectivity index (χ0v) is 17.7. The van der Waals surface area contributed by atoms with Crippen LogP contribution in [0.5, 0.6) is 5.75 Å². The van der Waals surface area contributed by atoms with Gasteiger partial charge < -0.3 is 21.1 Å². The third-order valence-corrected chi connectivity index (χ3v) is 5.89. The minimum Gasteiger partial charge on any atom is -0.496 e. The number of carbonyl (C=O) groups is 1. The van der Waals surface area contributed by atoms with Crippen molar-refractivity contribution >= 4 is 29.3 Å². The molecule has 0 atom stereocenters. The lowest BCUT2D eigenvalue weighted by Gasteiger charge is -2.34. The van der Waals surface area contributed by atoms with Gasteiger partial charge in [-0.25, -0.2) is 9.97 Å². The summed E-state index contributed by atoms with van der Waals surface area (Å²) in [7, 11) is 1.64. The summed E-state index contributed by atoms with van der Waals surface area (Å²) in [4.78, 5) is 24.5. The van der Waals surface area contributed by atoms with Gasteiger partial charge in [-0.1, -0.05) is 30.0 Å². The fourth-order valence-electron chi connectivity index (χ4n) is 3.33. The van der Waals surface area contributed by atoms with E-state index in [2.05, 4.69) is 14.9 Å². The topological polar surface area (TPSA) is 111 Å². The SMILES string of the molecule is COc1ccccc1Cc1c(N)nc(SCCN2CCN(C(C)=O)CC2)nc1N. The van der Waals surface area contributed by atoms with Crippen molar-refractivity contribution in [2.75, 3.05) is 57.1 Å². The summed E-state index contributed by atoms with van der Waals surface area (Å²) in [6.07, 6.45) is 0.521. The molecule has 1 aromatic carbocycles. The van der Waals surface area contributed by atoms with Gasteiger partial charge in [-0.2, -0.15) is 0 Å². The molecule has 1 aliphatic heterocycles. The molecule has 1 amide bonds. The average Bonchev–Trinajstić information content (AvgIpc) is 2.71. The minimum atomic E-state index is 0.145. The zero-order valence-electron chi connectivity index (χ0n) is 16.9. The molecule has 0 saturated carbocycles. The Hall–Kier alpha value is -2.52. The van der Waals surface area contributed by atoms with E-state index in [0.717, 1.165) is 55.4 Å². The third kappa shape index (κ3) is 5.51. The van der Waals surface area contributed by atoms with Crippen LogP contribution >= 0.6 is 11.8 Å². The molecule has 8 nitrogen and oxygen atoms in total. The highest BCUT2D eigenvalue weighted by molar-refractivity contribution is 7.99. The molecule has 29 heavy (non-hydrogen) atoms. The van der Waals surface area contributed by atoms with Crippen LogP contribution in [0.4, 0.5) is 11.6 Å². The maximum absolute atomic E-state index is 11.4. The summed E-state index contributed by atoms with van der Waals surface area (Å²) in [5.41, 5.74) is 14.1. The highest BCUT2D eigenvalue weighted by Gasteiger charge is 2.18. The number of para-hydroxylation sites is 1. The molecule has 1 aliphatic rings. The number of nitrogens with zero attached hydrogens (tertiary/aromatic N) is 4. The molecule has 2 heterocycles. The lowest BCUT2D eigenvalue weighted by molar-refractivity contribution is -0.130. The van der Waals surface area contributed by atoms with Gasteiger partial charge in [0, 0.05) is 57.4 Å². The van der Waals surface area contributed by atoms with Crippen LogP contribution in [0.2, 0.25) is 0 Å². The molecule has 3 rings (SSSR count). The Kier molecular flexibility index (Phi) is 7.16. The second kappa shape index (κ2) is 9.80. The van der Waals surface area contributed by atoms with E-state index in [0.29, 0.717) is 23.2 Å². The second-order valence-electron chi connectivity index (χ2n) is 6.94. The number of nitrogens with two attached hydrogens (primary N) is 2. The van der Waals surface area contributed by atoms with Crippen molar-refractivity contribution in [1.82, 2.24) is 19.8 Å². The van der Waals surface area contributed by atoms with E-state index in [1.54, 1.807) is 25.8 Å². The number of aromatic nitrogens is 2. The van der Waals surface area contributed by atoms with Gasteiger partial charge in [0.05, 0.1) is 7.11 Å². The van der Waals surface area contributed by atoms with Gasteiger partial charge in [0.25, 0.3) is 0 Å². The molecule has 0 unspecified atom stereocenters. The Morgan fingerprint density at radius 3 is 2.41 bits per heavy atom. The largest absolute Gasteiger partial charge is 0.496 e. The highest BCUT2D eigenvalue weighted by Crippen LogP contribution is 2.27. The van der Waals surface area contributed by atoms with E-state index in [4.69, 9.17) is 16.2 Å². The van der Waals surface area contributed by atoms with E-state index in [1.807, 2.05) is 29.2 Å². The van der Waals surface area contributed by atoms with Crippen LogP contribution in [-0.4, -0.2) is 71.3 Å². The van der Waals surface area contributed by atoms with E-state index >= 15 is 0 Å². The molecule has 0 spiro atoms. The first-order valence-electron chi connectivity index (χ1n) is 9.62. The Balaban J connectivity index is 1.56. The molecule has 2 aromatic rings. The van der Waals surface area contributed by atoms with E-state index in [-0.39, 0.29) is 5.91 Å². The van der Waals surface area contributed by atoms with Gasteiger partial charge in [-0.05, 0) is 11.6 Å². The Labute approximate surface area is 175 Å². The number of carbonyl (C=O) groups excluding carboxylic acids is 1. The second-order valence-corrected chi connectivity index (χ2v) is 8.00. The van der Waals surface area contributed by atoms with Gasteiger partial charge in [0.15, 0.2) is 5.16 Å². The molecule has 156 valence electrons. The predicted octanol–water partition coefficient (Wildman–Crippen LogP) is 1.50. The molecular weight excluding hydrogens is 388 g/mol. The number of thioether (sulfide) groups is 1. The van der Waals surface area contributed by atoms with Crippen LogP contribution in [-0.2, 0) is 11.2 Å². The summed E-state index contributed by atoms with van der Waals surface area (Å²) in [6.45, 7) is 5.88. The van der Waals surface area contributed by atoms with Crippen LogP contribution in [0.15, 0.2) is 29.4 Å². The standard InChI is InChI=1S/C20H28N6O2S/c1-14(27)26-9-7-25(8-10-26)11-12-29-20-23-18(21)16(19(22)24-20)13-15-5-3-4-6-17(15)28-2/h3-6H,7-13H2,1-2H3,(H4,21,22,23,24). The van der Waals surface area contributed by atoms with Crippen molar-refractivity contribution in [2.24, 2.45) is 0 Å². The molecule has 0 bridgehead atoms. The van der Waals surface area contributed by atoms with Crippen LogP contribution < -0.4 is 16.2 Å². The van der Waals surface area contributed by atoms with Crippen molar-refractivity contribution in [3.63, 3.8) is 0 Å². The summed E-state index contributed by atoms with van der Waals surface area (Å²) >= 11 is 1.54. The molecule has 0 radical (unpaired) electrons. The monoisotopic (exact) mass is 416 g/mol.